The van der Waals surface area contributed by atoms with E-state index in [0.29, 0.717) is 17.8 Å². The Morgan fingerprint density at radius 1 is 1.58 bits per heavy atom. The molecule has 0 aliphatic carbocycles. The van der Waals surface area contributed by atoms with E-state index < -0.39 is 0 Å². The standard InChI is InChI=1S/C12H20BrN3O3/c1-8-5-14(3)12(11(13)16(17)18)15(8)6-10-4-9(2)19-7-10/h8-10H,4-7H2,1-3H3. The zero-order valence-corrected chi connectivity index (χ0v) is 13.1. The lowest BCUT2D eigenvalue weighted by molar-refractivity contribution is -0.411. The summed E-state index contributed by atoms with van der Waals surface area (Å²) >= 11 is 3.10. The van der Waals surface area contributed by atoms with Gasteiger partial charge in [0.15, 0.2) is 5.82 Å². The second-order valence-electron chi connectivity index (χ2n) is 5.50. The first-order valence-corrected chi connectivity index (χ1v) is 7.33. The topological polar surface area (TPSA) is 58.8 Å². The summed E-state index contributed by atoms with van der Waals surface area (Å²) in [5.74, 6) is 1.13. The third-order valence-electron chi connectivity index (χ3n) is 3.79. The molecule has 2 saturated heterocycles. The van der Waals surface area contributed by atoms with E-state index in [1.165, 1.54) is 0 Å². The molecule has 0 bridgehead atoms. The van der Waals surface area contributed by atoms with Crippen LogP contribution in [0.2, 0.25) is 0 Å². The zero-order chi connectivity index (χ0) is 14.2. The Bertz CT molecular complexity index is 402. The van der Waals surface area contributed by atoms with Gasteiger partial charge in [-0.25, -0.2) is 0 Å². The van der Waals surface area contributed by atoms with Crippen LogP contribution in [0, 0.1) is 16.0 Å². The van der Waals surface area contributed by atoms with Crippen molar-refractivity contribution in [2.24, 2.45) is 5.92 Å². The largest absolute Gasteiger partial charge is 0.378 e. The van der Waals surface area contributed by atoms with Crippen LogP contribution in [-0.2, 0) is 4.74 Å². The SMILES string of the molecule is CC1CC(CN2C(=C(Br)[N+](=O)[O-])N(C)CC2C)CO1. The molecule has 2 rings (SSSR count). The monoisotopic (exact) mass is 333 g/mol. The fraction of sp³-hybridized carbons (Fsp3) is 0.833. The first-order chi connectivity index (χ1) is 8.90. The molecular formula is C12H20BrN3O3. The smallest absolute Gasteiger partial charge is 0.350 e. The molecule has 3 atom stereocenters. The highest BCUT2D eigenvalue weighted by Crippen LogP contribution is 2.31. The maximum absolute atomic E-state index is 11.0. The molecule has 0 radical (unpaired) electrons. The van der Waals surface area contributed by atoms with Crippen LogP contribution in [-0.4, -0.2) is 53.6 Å². The predicted molar refractivity (Wildman–Crippen MR) is 75.3 cm³/mol. The second-order valence-corrected chi connectivity index (χ2v) is 6.25. The highest BCUT2D eigenvalue weighted by atomic mass is 79.9. The Labute approximate surface area is 121 Å². The lowest BCUT2D eigenvalue weighted by Crippen LogP contribution is -2.33. The van der Waals surface area contributed by atoms with Gasteiger partial charge < -0.3 is 14.5 Å². The van der Waals surface area contributed by atoms with E-state index in [9.17, 15) is 10.1 Å². The maximum atomic E-state index is 11.0. The Kier molecular flexibility index (Phi) is 4.35. The lowest BCUT2D eigenvalue weighted by atomic mass is 10.1. The summed E-state index contributed by atoms with van der Waals surface area (Å²) in [5, 5.41) is 11.0. The fourth-order valence-corrected chi connectivity index (χ4v) is 3.48. The molecule has 2 aliphatic rings. The molecule has 6 nitrogen and oxygen atoms in total. The Hall–Kier alpha value is -0.820. The average Bonchev–Trinajstić information content (AvgIpc) is 2.84. The van der Waals surface area contributed by atoms with Gasteiger partial charge in [-0.3, -0.25) is 10.1 Å². The highest BCUT2D eigenvalue weighted by Gasteiger charge is 2.37. The molecule has 0 N–H and O–H groups in total. The van der Waals surface area contributed by atoms with E-state index in [2.05, 4.69) is 34.7 Å². The summed E-state index contributed by atoms with van der Waals surface area (Å²) < 4.78 is 5.63. The Morgan fingerprint density at radius 3 is 2.79 bits per heavy atom. The van der Waals surface area contributed by atoms with Crippen LogP contribution in [0.25, 0.3) is 0 Å². The Balaban J connectivity index is 2.16. The van der Waals surface area contributed by atoms with Gasteiger partial charge >= 0.3 is 4.61 Å². The van der Waals surface area contributed by atoms with Crippen molar-refractivity contribution < 1.29 is 9.66 Å². The van der Waals surface area contributed by atoms with Gasteiger partial charge in [-0.15, -0.1) is 0 Å². The minimum atomic E-state index is -0.370. The predicted octanol–water partition coefficient (Wildman–Crippen LogP) is 1.85. The molecule has 108 valence electrons. The van der Waals surface area contributed by atoms with E-state index in [4.69, 9.17) is 4.74 Å². The van der Waals surface area contributed by atoms with Crippen molar-refractivity contribution in [1.29, 1.82) is 0 Å². The number of hydrogen-bond donors (Lipinski definition) is 0. The van der Waals surface area contributed by atoms with Crippen LogP contribution >= 0.6 is 15.9 Å². The zero-order valence-electron chi connectivity index (χ0n) is 11.5. The summed E-state index contributed by atoms with van der Waals surface area (Å²) in [6, 6.07) is 0.281. The van der Waals surface area contributed by atoms with E-state index in [0.717, 1.165) is 26.1 Å². The van der Waals surface area contributed by atoms with E-state index in [1.807, 2.05) is 11.9 Å². The molecular weight excluding hydrogens is 314 g/mol. The molecule has 0 aromatic heterocycles. The molecule has 0 amide bonds. The molecule has 2 aliphatic heterocycles. The summed E-state index contributed by atoms with van der Waals surface area (Å²) in [7, 11) is 1.89. The molecule has 7 heteroatoms. The van der Waals surface area contributed by atoms with Gasteiger partial charge in [0.2, 0.25) is 0 Å². The summed E-state index contributed by atoms with van der Waals surface area (Å²) in [6.45, 7) is 6.54. The van der Waals surface area contributed by atoms with Crippen molar-refractivity contribution in [3.05, 3.63) is 20.5 Å². The number of halogens is 1. The number of ether oxygens (including phenoxy) is 1. The third-order valence-corrected chi connectivity index (χ3v) is 4.43. The quantitative estimate of drug-likeness (QED) is 0.448. The van der Waals surface area contributed by atoms with Crippen molar-refractivity contribution in [1.82, 2.24) is 9.80 Å². The number of rotatable bonds is 3. The van der Waals surface area contributed by atoms with Gasteiger partial charge in [-0.1, -0.05) is 0 Å². The number of nitrogens with zero attached hydrogens (tertiary/aromatic N) is 3. The van der Waals surface area contributed by atoms with Crippen molar-refractivity contribution in [2.45, 2.75) is 32.4 Å². The first kappa shape index (κ1) is 14.6. The number of likely N-dealkylation sites (N-methyl/N-ethyl adjacent to an activating group) is 1. The molecule has 19 heavy (non-hydrogen) atoms. The van der Waals surface area contributed by atoms with E-state index >= 15 is 0 Å². The molecule has 0 aromatic carbocycles. The second kappa shape index (κ2) is 5.66. The minimum absolute atomic E-state index is 0.0475. The molecule has 0 saturated carbocycles. The normalized spacial score (nSPS) is 34.0. The first-order valence-electron chi connectivity index (χ1n) is 6.53. The van der Waals surface area contributed by atoms with Crippen LogP contribution in [0.1, 0.15) is 20.3 Å². The van der Waals surface area contributed by atoms with Crippen molar-refractivity contribution in [3.8, 4) is 0 Å². The third kappa shape index (κ3) is 3.02. The van der Waals surface area contributed by atoms with Gasteiger partial charge in [-0.2, -0.15) is 0 Å². The van der Waals surface area contributed by atoms with Crippen LogP contribution in [0.5, 0.6) is 0 Å². The van der Waals surface area contributed by atoms with Gasteiger partial charge in [0.1, 0.15) is 0 Å². The van der Waals surface area contributed by atoms with Gasteiger partial charge in [-0.05, 0) is 20.3 Å². The van der Waals surface area contributed by atoms with Gasteiger partial charge in [0.25, 0.3) is 0 Å². The lowest BCUT2D eigenvalue weighted by Gasteiger charge is -2.26. The van der Waals surface area contributed by atoms with Crippen LogP contribution in [0.4, 0.5) is 0 Å². The fourth-order valence-electron chi connectivity index (χ4n) is 2.94. The maximum Gasteiger partial charge on any atom is 0.350 e. The molecule has 2 heterocycles. The van der Waals surface area contributed by atoms with Crippen LogP contribution in [0.15, 0.2) is 10.4 Å². The van der Waals surface area contributed by atoms with Crippen molar-refractivity contribution >= 4 is 15.9 Å². The van der Waals surface area contributed by atoms with E-state index in [1.54, 1.807) is 0 Å². The summed E-state index contributed by atoms with van der Waals surface area (Å²) in [4.78, 5) is 14.7. The Morgan fingerprint density at radius 2 is 2.26 bits per heavy atom. The highest BCUT2D eigenvalue weighted by molar-refractivity contribution is 9.11. The molecule has 3 unspecified atom stereocenters. The molecule has 0 aromatic rings. The van der Waals surface area contributed by atoms with Gasteiger partial charge in [0.05, 0.1) is 17.6 Å². The van der Waals surface area contributed by atoms with E-state index in [-0.39, 0.29) is 15.6 Å². The van der Waals surface area contributed by atoms with Crippen molar-refractivity contribution in [2.75, 3.05) is 26.7 Å². The van der Waals surface area contributed by atoms with Crippen LogP contribution in [0.3, 0.4) is 0 Å². The minimum Gasteiger partial charge on any atom is -0.378 e. The number of hydrogen-bond acceptors (Lipinski definition) is 5. The van der Waals surface area contributed by atoms with Crippen molar-refractivity contribution in [3.63, 3.8) is 0 Å². The molecule has 0 spiro atoms. The average molecular weight is 334 g/mol. The summed E-state index contributed by atoms with van der Waals surface area (Å²) in [5.41, 5.74) is 0. The summed E-state index contributed by atoms with van der Waals surface area (Å²) in [6.07, 6.45) is 1.32. The van der Waals surface area contributed by atoms with Gasteiger partial charge in [0, 0.05) is 48.0 Å². The molecule has 2 fully saturated rings. The van der Waals surface area contributed by atoms with Crippen LogP contribution < -0.4 is 0 Å². The number of nitro groups is 1.